The highest BCUT2D eigenvalue weighted by Crippen LogP contribution is 2.09. The Balaban J connectivity index is 4.30. The first kappa shape index (κ1) is 13.0. The lowest BCUT2D eigenvalue weighted by Crippen LogP contribution is -2.33. The van der Waals surface area contributed by atoms with Crippen LogP contribution in [0.1, 0.15) is 13.8 Å². The molecule has 0 saturated heterocycles. The molecule has 0 aliphatic heterocycles. The summed E-state index contributed by atoms with van der Waals surface area (Å²) in [6, 6.07) is 0. The van der Waals surface area contributed by atoms with Crippen LogP contribution in [0.3, 0.4) is 0 Å². The van der Waals surface area contributed by atoms with E-state index in [2.05, 4.69) is 0 Å². The van der Waals surface area contributed by atoms with Crippen LogP contribution in [0, 0.1) is 0 Å². The lowest BCUT2D eigenvalue weighted by Gasteiger charge is -2.16. The van der Waals surface area contributed by atoms with Crippen LogP contribution >= 0.6 is 8.03 Å². The average molecular weight is 227 g/mol. The molecule has 0 bridgehead atoms. The summed E-state index contributed by atoms with van der Waals surface area (Å²) in [5.41, 5.74) is 0. The second kappa shape index (κ2) is 5.65. The molecule has 0 spiro atoms. The van der Waals surface area contributed by atoms with Gasteiger partial charge in [0.05, 0.1) is 0 Å². The summed E-state index contributed by atoms with van der Waals surface area (Å²) in [6.07, 6.45) is -0.297. The van der Waals surface area contributed by atoms with Gasteiger partial charge < -0.3 is 4.89 Å². The normalized spacial score (nSPS) is 13.4. The van der Waals surface area contributed by atoms with E-state index in [1.165, 1.54) is 4.31 Å². The summed E-state index contributed by atoms with van der Waals surface area (Å²) in [6.45, 7) is 4.21. The second-order valence-electron chi connectivity index (χ2n) is 2.46. The Hall–Kier alpha value is -0.0300. The largest absolute Gasteiger partial charge is 0.596 e. The minimum atomic E-state index is -3.37. The maximum Gasteiger partial charge on any atom is 0.309 e. The third kappa shape index (κ3) is 4.67. The minimum Gasteiger partial charge on any atom is -0.596 e. The van der Waals surface area contributed by atoms with Crippen LogP contribution in [-0.4, -0.2) is 37.7 Å². The van der Waals surface area contributed by atoms with Gasteiger partial charge >= 0.3 is 8.03 Å². The van der Waals surface area contributed by atoms with Crippen molar-refractivity contribution in [3.8, 4) is 0 Å². The van der Waals surface area contributed by atoms with Gasteiger partial charge in [0.1, 0.15) is 5.75 Å². The van der Waals surface area contributed by atoms with E-state index < -0.39 is 18.1 Å². The van der Waals surface area contributed by atoms with Crippen LogP contribution in [0.4, 0.5) is 0 Å². The molecule has 0 fully saturated rings. The molecule has 5 nitrogen and oxygen atoms in total. The summed E-state index contributed by atoms with van der Waals surface area (Å²) in [4.78, 5) is 10.2. The van der Waals surface area contributed by atoms with Gasteiger partial charge in [-0.1, -0.05) is 18.4 Å². The zero-order valence-electron chi connectivity index (χ0n) is 7.76. The lowest BCUT2D eigenvalue weighted by molar-refractivity contribution is -0.163. The Morgan fingerprint density at radius 3 is 2.08 bits per heavy atom. The van der Waals surface area contributed by atoms with Gasteiger partial charge in [-0.2, -0.15) is 0 Å². The number of hydrogen-bond donors (Lipinski definition) is 0. The Morgan fingerprint density at radius 1 is 1.31 bits per heavy atom. The highest BCUT2D eigenvalue weighted by Gasteiger charge is 2.20. The van der Waals surface area contributed by atoms with E-state index in [-0.39, 0.29) is 11.9 Å². The first-order chi connectivity index (χ1) is 5.94. The molecule has 0 radical (unpaired) electrons. The van der Waals surface area contributed by atoms with Gasteiger partial charge in [0.2, 0.25) is 10.0 Å². The van der Waals surface area contributed by atoms with E-state index in [1.54, 1.807) is 13.8 Å². The van der Waals surface area contributed by atoms with Crippen molar-refractivity contribution in [2.75, 3.05) is 25.0 Å². The van der Waals surface area contributed by atoms with Crippen molar-refractivity contribution in [3.05, 3.63) is 0 Å². The monoisotopic (exact) mass is 227 g/mol. The summed E-state index contributed by atoms with van der Waals surface area (Å²) in [5, 5.41) is 0. The molecule has 7 heteroatoms. The van der Waals surface area contributed by atoms with Crippen LogP contribution in [0.2, 0.25) is 0 Å². The zero-order chi connectivity index (χ0) is 10.5. The van der Waals surface area contributed by atoms with Crippen molar-refractivity contribution >= 4 is 18.1 Å². The average Bonchev–Trinajstić information content (AvgIpc) is 2.03. The topological polar surface area (TPSA) is 77.5 Å². The highest BCUT2D eigenvalue weighted by atomic mass is 32.2. The first-order valence-electron chi connectivity index (χ1n) is 4.03. The van der Waals surface area contributed by atoms with Crippen LogP contribution in [-0.2, 0) is 14.6 Å². The highest BCUT2D eigenvalue weighted by molar-refractivity contribution is 7.89. The molecule has 0 aromatic heterocycles. The molecule has 0 N–H and O–H groups in total. The van der Waals surface area contributed by atoms with Crippen molar-refractivity contribution in [1.29, 1.82) is 0 Å². The van der Waals surface area contributed by atoms with Gasteiger partial charge in [-0.05, 0) is 0 Å². The third-order valence-corrected chi connectivity index (χ3v) is 4.55. The van der Waals surface area contributed by atoms with Crippen molar-refractivity contribution in [1.82, 2.24) is 4.31 Å². The van der Waals surface area contributed by atoms with E-state index in [4.69, 9.17) is 0 Å². The molecule has 0 aromatic carbocycles. The fraction of sp³-hybridized carbons (Fsp3) is 1.00. The molecule has 0 aromatic rings. The molecular formula is C6H14NO4PS. The number of nitrogens with zero attached hydrogens (tertiary/aromatic N) is 1. The van der Waals surface area contributed by atoms with E-state index in [0.717, 1.165) is 0 Å². The van der Waals surface area contributed by atoms with Gasteiger partial charge in [0.15, 0.2) is 6.16 Å². The third-order valence-electron chi connectivity index (χ3n) is 1.63. The Kier molecular flexibility index (Phi) is 5.64. The van der Waals surface area contributed by atoms with Crippen molar-refractivity contribution in [3.63, 3.8) is 0 Å². The maximum atomic E-state index is 11.4. The molecule has 1 atom stereocenters. The van der Waals surface area contributed by atoms with Gasteiger partial charge in [-0.25, -0.2) is 12.7 Å². The maximum absolute atomic E-state index is 11.4. The number of hydrogen-bond acceptors (Lipinski definition) is 4. The van der Waals surface area contributed by atoms with Gasteiger partial charge in [0.25, 0.3) is 0 Å². The van der Waals surface area contributed by atoms with E-state index in [0.29, 0.717) is 13.1 Å². The predicted octanol–water partition coefficient (Wildman–Crippen LogP) is -0.239. The quantitative estimate of drug-likeness (QED) is 0.587. The van der Waals surface area contributed by atoms with Crippen LogP contribution in [0.25, 0.3) is 0 Å². The first-order valence-corrected chi connectivity index (χ1v) is 7.00. The van der Waals surface area contributed by atoms with E-state index >= 15 is 0 Å². The molecule has 0 aliphatic carbocycles. The SMILES string of the molecule is CCN(CC)S(=O)(=O)CC[P+](=O)[O-]. The van der Waals surface area contributed by atoms with E-state index in [9.17, 15) is 17.9 Å². The molecular weight excluding hydrogens is 213 g/mol. The molecule has 0 heterocycles. The Bertz CT molecular complexity index is 260. The van der Waals surface area contributed by atoms with Gasteiger partial charge in [0, 0.05) is 13.1 Å². The molecule has 78 valence electrons. The van der Waals surface area contributed by atoms with Crippen LogP contribution < -0.4 is 4.89 Å². The molecule has 0 rings (SSSR count). The molecule has 0 amide bonds. The lowest BCUT2D eigenvalue weighted by atomic mass is 10.7. The molecule has 0 saturated carbocycles. The van der Waals surface area contributed by atoms with Crippen LogP contribution in [0.15, 0.2) is 0 Å². The molecule has 1 unspecified atom stereocenters. The molecule has 13 heavy (non-hydrogen) atoms. The molecule has 0 aliphatic rings. The van der Waals surface area contributed by atoms with Gasteiger partial charge in [-0.3, -0.25) is 0 Å². The predicted molar refractivity (Wildman–Crippen MR) is 49.2 cm³/mol. The minimum absolute atomic E-state index is 0.297. The summed E-state index contributed by atoms with van der Waals surface area (Å²) < 4.78 is 34.2. The van der Waals surface area contributed by atoms with Crippen LogP contribution in [0.5, 0.6) is 0 Å². The fourth-order valence-electron chi connectivity index (χ4n) is 0.936. The zero-order valence-corrected chi connectivity index (χ0v) is 9.48. The Labute approximate surface area is 79.7 Å². The summed E-state index contributed by atoms with van der Waals surface area (Å²) in [5.74, 6) is -0.312. The fourth-order valence-corrected chi connectivity index (χ4v) is 3.50. The second-order valence-corrected chi connectivity index (χ2v) is 5.66. The number of rotatable bonds is 6. The van der Waals surface area contributed by atoms with Crippen molar-refractivity contribution in [2.24, 2.45) is 0 Å². The summed E-state index contributed by atoms with van der Waals surface area (Å²) in [7, 11) is -5.97. The van der Waals surface area contributed by atoms with E-state index in [1.807, 2.05) is 0 Å². The van der Waals surface area contributed by atoms with Gasteiger partial charge in [-0.15, -0.1) is 0 Å². The standard InChI is InChI=1S/C6H14NO4PS/c1-3-7(4-2)13(10,11)6-5-12(8)9/h3-6H2,1-2H3. The van der Waals surface area contributed by atoms with Crippen molar-refractivity contribution in [2.45, 2.75) is 13.8 Å². The van der Waals surface area contributed by atoms with Crippen molar-refractivity contribution < 1.29 is 17.9 Å². The number of sulfonamides is 1. The smallest absolute Gasteiger partial charge is 0.309 e. The Morgan fingerprint density at radius 2 is 1.77 bits per heavy atom. The summed E-state index contributed by atoms with van der Waals surface area (Å²) >= 11 is 0.